The van der Waals surface area contributed by atoms with Crippen molar-refractivity contribution in [2.45, 2.75) is 77.8 Å². The second kappa shape index (κ2) is 9.12. The average Bonchev–Trinajstić information content (AvgIpc) is 3.02. The Kier molecular flexibility index (Phi) is 7.36. The molecule has 2 fully saturated rings. The molecular weight excluding hydrogens is 538 g/mol. The Balaban J connectivity index is 0.000000181. The highest BCUT2D eigenvalue weighted by molar-refractivity contribution is 9.10. The van der Waals surface area contributed by atoms with Gasteiger partial charge in [-0.3, -0.25) is 0 Å². The fourth-order valence-corrected chi connectivity index (χ4v) is 3.75. The van der Waals surface area contributed by atoms with Crippen LogP contribution in [0.3, 0.4) is 0 Å². The fraction of sp³-hybridized carbons (Fsp3) is 0.545. The zero-order valence-corrected chi connectivity index (χ0v) is 23.1. The summed E-state index contributed by atoms with van der Waals surface area (Å²) in [7, 11) is -0.773. The van der Waals surface area contributed by atoms with E-state index in [1.54, 1.807) is 0 Å². The third kappa shape index (κ3) is 5.47. The van der Waals surface area contributed by atoms with Gasteiger partial charge in [-0.05, 0) is 112 Å². The summed E-state index contributed by atoms with van der Waals surface area (Å²) in [6, 6.07) is 11.4. The molecule has 0 saturated carbocycles. The average molecular weight is 568 g/mol. The van der Waals surface area contributed by atoms with Gasteiger partial charge >= 0.3 is 14.2 Å². The van der Waals surface area contributed by atoms with Gasteiger partial charge in [-0.15, -0.1) is 0 Å². The summed E-state index contributed by atoms with van der Waals surface area (Å²) in [6.45, 7) is 16.3. The fourth-order valence-electron chi connectivity index (χ4n) is 3.04. The monoisotopic (exact) mass is 566 g/mol. The number of rotatable bonds is 2. The summed E-state index contributed by atoms with van der Waals surface area (Å²) in [5, 5.41) is 0. The molecule has 6 nitrogen and oxygen atoms in total. The first-order chi connectivity index (χ1) is 14.6. The van der Waals surface area contributed by atoms with Gasteiger partial charge in [0.1, 0.15) is 9.21 Å². The van der Waals surface area contributed by atoms with Gasteiger partial charge in [0.15, 0.2) is 0 Å². The molecule has 0 N–H and O–H groups in total. The van der Waals surface area contributed by atoms with E-state index in [2.05, 4.69) is 41.8 Å². The third-order valence-corrected chi connectivity index (χ3v) is 7.35. The highest BCUT2D eigenvalue weighted by Gasteiger charge is 2.53. The van der Waals surface area contributed by atoms with Crippen molar-refractivity contribution in [1.29, 1.82) is 0 Å². The lowest BCUT2D eigenvalue weighted by molar-refractivity contribution is 0.00578. The highest BCUT2D eigenvalue weighted by Crippen LogP contribution is 2.37. The van der Waals surface area contributed by atoms with Gasteiger partial charge in [0.25, 0.3) is 0 Å². The van der Waals surface area contributed by atoms with E-state index in [1.807, 2.05) is 91.8 Å². The maximum atomic E-state index is 5.90. The minimum atomic E-state index is -0.387. The van der Waals surface area contributed by atoms with Crippen LogP contribution in [0.4, 0.5) is 0 Å². The summed E-state index contributed by atoms with van der Waals surface area (Å²) in [4.78, 5) is 8.71. The number of nitrogens with zero attached hydrogens (tertiary/aromatic N) is 2. The minimum Gasteiger partial charge on any atom is -0.398 e. The first kappa shape index (κ1) is 25.8. The van der Waals surface area contributed by atoms with E-state index in [0.717, 1.165) is 20.4 Å². The normalized spacial score (nSPS) is 22.4. The van der Waals surface area contributed by atoms with Crippen LogP contribution in [0.15, 0.2) is 45.6 Å². The number of hydrogen-bond donors (Lipinski definition) is 0. The molecule has 0 radical (unpaired) electrons. The van der Waals surface area contributed by atoms with Gasteiger partial charge < -0.3 is 18.6 Å². The molecule has 0 aromatic carbocycles. The number of hydrogen-bond acceptors (Lipinski definition) is 6. The molecule has 0 amide bonds. The van der Waals surface area contributed by atoms with Gasteiger partial charge in [0.05, 0.1) is 33.6 Å². The van der Waals surface area contributed by atoms with Gasteiger partial charge in [0.2, 0.25) is 0 Å². The van der Waals surface area contributed by atoms with Gasteiger partial charge in [-0.25, -0.2) is 9.97 Å². The van der Waals surface area contributed by atoms with Gasteiger partial charge in [0, 0.05) is 0 Å². The number of aromatic nitrogens is 2. The van der Waals surface area contributed by atoms with E-state index in [4.69, 9.17) is 18.6 Å². The van der Waals surface area contributed by atoms with Crippen LogP contribution in [0.2, 0.25) is 0 Å². The Labute approximate surface area is 208 Å². The van der Waals surface area contributed by atoms with Crippen molar-refractivity contribution in [3.63, 3.8) is 0 Å². The Hall–Kier alpha value is -0.770. The molecule has 2 aliphatic rings. The first-order valence-electron chi connectivity index (χ1n) is 10.6. The Morgan fingerprint density at radius 3 is 1.09 bits per heavy atom. The van der Waals surface area contributed by atoms with E-state index in [9.17, 15) is 0 Å². The zero-order chi connectivity index (χ0) is 23.9. The predicted molar refractivity (Wildman–Crippen MR) is 135 cm³/mol. The Morgan fingerprint density at radius 2 is 0.844 bits per heavy atom. The molecule has 172 valence electrons. The van der Waals surface area contributed by atoms with Crippen molar-refractivity contribution < 1.29 is 18.6 Å². The summed E-state index contributed by atoms with van der Waals surface area (Å²) >= 11 is 6.69. The van der Waals surface area contributed by atoms with Crippen molar-refractivity contribution in [3.8, 4) is 0 Å². The first-order valence-corrected chi connectivity index (χ1v) is 12.2. The molecular formula is C22H30B2Br2N2O4. The second-order valence-corrected chi connectivity index (χ2v) is 11.6. The molecule has 0 spiro atoms. The van der Waals surface area contributed by atoms with Gasteiger partial charge in [-0.2, -0.15) is 0 Å². The molecule has 2 aromatic rings. The van der Waals surface area contributed by atoms with Crippen LogP contribution in [0.1, 0.15) is 55.4 Å². The molecule has 32 heavy (non-hydrogen) atoms. The van der Waals surface area contributed by atoms with Crippen LogP contribution in [0.25, 0.3) is 0 Å². The lowest BCUT2D eigenvalue weighted by Crippen LogP contribution is -2.41. The third-order valence-electron chi connectivity index (χ3n) is 6.46. The molecule has 10 heteroatoms. The maximum Gasteiger partial charge on any atom is 0.514 e. The van der Waals surface area contributed by atoms with Crippen molar-refractivity contribution in [3.05, 3.63) is 45.6 Å². The predicted octanol–water partition coefficient (Wildman–Crippen LogP) is 4.29. The Bertz CT molecular complexity index is 863. The lowest BCUT2D eigenvalue weighted by Gasteiger charge is -2.32. The molecule has 2 aliphatic heterocycles. The summed E-state index contributed by atoms with van der Waals surface area (Å²) in [5.41, 5.74) is 0.327. The molecule has 0 atom stereocenters. The van der Waals surface area contributed by atoms with E-state index < -0.39 is 0 Å². The molecule has 2 aromatic heterocycles. The van der Waals surface area contributed by atoms with E-state index in [-0.39, 0.29) is 36.6 Å². The van der Waals surface area contributed by atoms with E-state index in [0.29, 0.717) is 0 Å². The van der Waals surface area contributed by atoms with Crippen LogP contribution < -0.4 is 11.2 Å². The smallest absolute Gasteiger partial charge is 0.398 e. The van der Waals surface area contributed by atoms with Crippen molar-refractivity contribution in [2.24, 2.45) is 0 Å². The number of halogens is 2. The van der Waals surface area contributed by atoms with Crippen molar-refractivity contribution in [1.82, 2.24) is 9.97 Å². The standard InChI is InChI=1S/2C11H15BBrNO2/c2*1-10(2)11(3,4)16-12(15-10)8-6-5-7-9(13)14-8/h2*5-7H,1-4H3. The molecule has 4 heterocycles. The van der Waals surface area contributed by atoms with Gasteiger partial charge in [-0.1, -0.05) is 12.1 Å². The summed E-state index contributed by atoms with van der Waals surface area (Å²) in [6.07, 6.45) is 0. The zero-order valence-electron chi connectivity index (χ0n) is 19.9. The van der Waals surface area contributed by atoms with Crippen LogP contribution in [-0.2, 0) is 18.6 Å². The van der Waals surface area contributed by atoms with Crippen molar-refractivity contribution >= 4 is 57.3 Å². The topological polar surface area (TPSA) is 62.7 Å². The van der Waals surface area contributed by atoms with Crippen LogP contribution in [0, 0.1) is 0 Å². The number of pyridine rings is 2. The van der Waals surface area contributed by atoms with E-state index >= 15 is 0 Å². The van der Waals surface area contributed by atoms with Crippen LogP contribution in [0.5, 0.6) is 0 Å². The molecule has 4 rings (SSSR count). The molecule has 0 aliphatic carbocycles. The van der Waals surface area contributed by atoms with Crippen LogP contribution in [-0.4, -0.2) is 46.6 Å². The molecule has 0 bridgehead atoms. The maximum absolute atomic E-state index is 5.90. The Morgan fingerprint density at radius 1 is 0.562 bits per heavy atom. The summed E-state index contributed by atoms with van der Waals surface area (Å²) in [5.74, 6) is 0. The molecule has 2 saturated heterocycles. The summed E-state index contributed by atoms with van der Waals surface area (Å²) < 4.78 is 25.2. The van der Waals surface area contributed by atoms with Crippen LogP contribution >= 0.6 is 31.9 Å². The minimum absolute atomic E-state index is 0.318. The SMILES string of the molecule is CC1(C)OB(c2cccc(Br)n2)OC1(C)C.CC1(C)OB(c2cccc(Br)n2)OC1(C)C. The molecule has 0 unspecified atom stereocenters. The van der Waals surface area contributed by atoms with Crippen molar-refractivity contribution in [2.75, 3.05) is 0 Å². The lowest BCUT2D eigenvalue weighted by atomic mass is 9.84. The largest absolute Gasteiger partial charge is 0.514 e. The highest BCUT2D eigenvalue weighted by atomic mass is 79.9. The van der Waals surface area contributed by atoms with E-state index in [1.165, 1.54) is 0 Å². The second-order valence-electron chi connectivity index (χ2n) is 9.95. The quantitative estimate of drug-likeness (QED) is 0.399.